The second kappa shape index (κ2) is 8.81. The van der Waals surface area contributed by atoms with Crippen LogP contribution in [0.5, 0.6) is 11.5 Å². The molecule has 3 aromatic carbocycles. The third-order valence-electron chi connectivity index (χ3n) is 5.07. The summed E-state index contributed by atoms with van der Waals surface area (Å²) >= 11 is 0. The van der Waals surface area contributed by atoms with Gasteiger partial charge >= 0.3 is 5.97 Å². The van der Waals surface area contributed by atoms with Crippen molar-refractivity contribution >= 4 is 11.8 Å². The molecule has 0 amide bonds. The Balaban J connectivity index is 2.04. The van der Waals surface area contributed by atoms with Crippen LogP contribution in [0.2, 0.25) is 0 Å². The molecule has 0 saturated heterocycles. The van der Waals surface area contributed by atoms with E-state index < -0.39 is 11.8 Å². The van der Waals surface area contributed by atoms with Crippen LogP contribution in [0, 0.1) is 0 Å². The highest BCUT2D eigenvalue weighted by Crippen LogP contribution is 2.41. The van der Waals surface area contributed by atoms with Gasteiger partial charge in [0.2, 0.25) is 5.78 Å². The van der Waals surface area contributed by atoms with Gasteiger partial charge in [0, 0.05) is 11.1 Å². The van der Waals surface area contributed by atoms with Gasteiger partial charge in [-0.05, 0) is 12.1 Å². The highest BCUT2D eigenvalue weighted by atomic mass is 16.5. The zero-order chi connectivity index (χ0) is 22.7. The molecule has 4 rings (SSSR count). The van der Waals surface area contributed by atoms with E-state index in [1.54, 1.807) is 66.7 Å². The average molecular weight is 428 g/mol. The standard InChI is InChI=1S/C26H20O6/c1-30-19-15-9-14-18(25(19)31-2)22(27)20-21(26(28)29)24(17-12-7-4-8-13-17)32-23(20)16-10-5-3-6-11-16/h3-15H,1-2H3,(H,28,29). The molecule has 1 aromatic heterocycles. The van der Waals surface area contributed by atoms with E-state index >= 15 is 0 Å². The van der Waals surface area contributed by atoms with Crippen LogP contribution < -0.4 is 9.47 Å². The largest absolute Gasteiger partial charge is 0.493 e. The van der Waals surface area contributed by atoms with Gasteiger partial charge in [-0.3, -0.25) is 4.79 Å². The first-order valence-electron chi connectivity index (χ1n) is 9.83. The number of carboxylic acids is 1. The summed E-state index contributed by atoms with van der Waals surface area (Å²) in [6, 6.07) is 22.7. The SMILES string of the molecule is COc1cccc(C(=O)c2c(-c3ccccc3)oc(-c3ccccc3)c2C(=O)O)c1OC. The van der Waals surface area contributed by atoms with Crippen LogP contribution >= 0.6 is 0 Å². The Hall–Kier alpha value is -4.32. The topological polar surface area (TPSA) is 86.0 Å². The molecular weight excluding hydrogens is 408 g/mol. The number of rotatable bonds is 7. The number of methoxy groups -OCH3 is 2. The van der Waals surface area contributed by atoms with Gasteiger partial charge in [-0.25, -0.2) is 4.79 Å². The van der Waals surface area contributed by atoms with Crippen molar-refractivity contribution in [1.82, 2.24) is 0 Å². The fraction of sp³-hybridized carbons (Fsp3) is 0.0769. The van der Waals surface area contributed by atoms with Crippen molar-refractivity contribution in [2.24, 2.45) is 0 Å². The molecule has 4 aromatic rings. The summed E-state index contributed by atoms with van der Waals surface area (Å²) in [4.78, 5) is 26.2. The highest BCUT2D eigenvalue weighted by Gasteiger charge is 2.33. The normalized spacial score (nSPS) is 10.6. The van der Waals surface area contributed by atoms with E-state index in [-0.39, 0.29) is 34.0 Å². The molecule has 0 spiro atoms. The predicted molar refractivity (Wildman–Crippen MR) is 120 cm³/mol. The van der Waals surface area contributed by atoms with Crippen molar-refractivity contribution in [3.05, 3.63) is 95.6 Å². The second-order valence-corrected chi connectivity index (χ2v) is 6.92. The zero-order valence-electron chi connectivity index (χ0n) is 17.5. The molecule has 0 atom stereocenters. The molecule has 0 aliphatic heterocycles. The van der Waals surface area contributed by atoms with Crippen LogP contribution in [0.15, 0.2) is 83.3 Å². The summed E-state index contributed by atoms with van der Waals surface area (Å²) in [6.45, 7) is 0. The molecule has 0 radical (unpaired) electrons. The molecule has 0 bridgehead atoms. The number of carbonyl (C=O) groups is 2. The number of hydrogen-bond donors (Lipinski definition) is 1. The maximum absolute atomic E-state index is 13.8. The zero-order valence-corrected chi connectivity index (χ0v) is 17.5. The third-order valence-corrected chi connectivity index (χ3v) is 5.07. The van der Waals surface area contributed by atoms with Gasteiger partial charge < -0.3 is 19.0 Å². The van der Waals surface area contributed by atoms with Crippen molar-refractivity contribution in [2.45, 2.75) is 0 Å². The quantitative estimate of drug-likeness (QED) is 0.388. The summed E-state index contributed by atoms with van der Waals surface area (Å²) < 4.78 is 16.8. The van der Waals surface area contributed by atoms with Crippen LogP contribution in [-0.4, -0.2) is 31.1 Å². The molecule has 0 aliphatic rings. The Kier molecular flexibility index (Phi) is 5.77. The Labute approximate surface area is 184 Å². The molecule has 0 aliphatic carbocycles. The van der Waals surface area contributed by atoms with Gasteiger partial charge in [0.25, 0.3) is 0 Å². The Morgan fingerprint density at radius 3 is 1.78 bits per heavy atom. The number of carboxylic acid groups (broad SMARTS) is 1. The number of carbonyl (C=O) groups excluding carboxylic acids is 1. The van der Waals surface area contributed by atoms with Gasteiger partial charge in [0.1, 0.15) is 17.1 Å². The molecule has 1 heterocycles. The van der Waals surface area contributed by atoms with Gasteiger partial charge in [0.15, 0.2) is 11.5 Å². The first-order valence-corrected chi connectivity index (χ1v) is 9.83. The van der Waals surface area contributed by atoms with E-state index in [9.17, 15) is 14.7 Å². The highest BCUT2D eigenvalue weighted by molar-refractivity contribution is 6.20. The minimum Gasteiger partial charge on any atom is -0.493 e. The lowest BCUT2D eigenvalue weighted by Gasteiger charge is -2.12. The monoisotopic (exact) mass is 428 g/mol. The molecule has 6 nitrogen and oxygen atoms in total. The molecule has 6 heteroatoms. The average Bonchev–Trinajstić information content (AvgIpc) is 3.25. The molecule has 0 unspecified atom stereocenters. The summed E-state index contributed by atoms with van der Waals surface area (Å²) in [6.07, 6.45) is 0. The van der Waals surface area contributed by atoms with Gasteiger partial charge in [0.05, 0.1) is 25.3 Å². The lowest BCUT2D eigenvalue weighted by molar-refractivity contribution is 0.0693. The number of furan rings is 1. The Bertz CT molecular complexity index is 1270. The fourth-order valence-electron chi connectivity index (χ4n) is 3.64. The van der Waals surface area contributed by atoms with E-state index in [1.807, 2.05) is 12.1 Å². The Morgan fingerprint density at radius 1 is 0.719 bits per heavy atom. The summed E-state index contributed by atoms with van der Waals surface area (Å²) in [5, 5.41) is 10.1. The van der Waals surface area contributed by atoms with Crippen molar-refractivity contribution < 1.29 is 28.6 Å². The minimum atomic E-state index is -1.26. The Morgan fingerprint density at radius 2 is 1.28 bits per heavy atom. The van der Waals surface area contributed by atoms with E-state index in [0.717, 1.165) is 0 Å². The van der Waals surface area contributed by atoms with Crippen molar-refractivity contribution in [1.29, 1.82) is 0 Å². The maximum Gasteiger partial charge on any atom is 0.340 e. The summed E-state index contributed by atoms with van der Waals surface area (Å²) in [5.74, 6) is -0.928. The van der Waals surface area contributed by atoms with Crippen molar-refractivity contribution in [3.8, 4) is 34.1 Å². The van der Waals surface area contributed by atoms with Crippen LogP contribution in [0.1, 0.15) is 26.3 Å². The van der Waals surface area contributed by atoms with Crippen LogP contribution in [-0.2, 0) is 0 Å². The van der Waals surface area contributed by atoms with Gasteiger partial charge in [-0.1, -0.05) is 66.7 Å². The molecule has 0 saturated carbocycles. The first kappa shape index (κ1) is 20.9. The lowest BCUT2D eigenvalue weighted by Crippen LogP contribution is -2.11. The molecule has 32 heavy (non-hydrogen) atoms. The fourth-order valence-corrected chi connectivity index (χ4v) is 3.64. The molecule has 0 fully saturated rings. The van der Waals surface area contributed by atoms with Crippen molar-refractivity contribution in [3.63, 3.8) is 0 Å². The van der Waals surface area contributed by atoms with E-state index in [4.69, 9.17) is 13.9 Å². The van der Waals surface area contributed by atoms with E-state index in [0.29, 0.717) is 16.9 Å². The predicted octanol–water partition coefficient (Wildman–Crippen LogP) is 5.56. The van der Waals surface area contributed by atoms with Crippen LogP contribution in [0.4, 0.5) is 0 Å². The minimum absolute atomic E-state index is 0.0471. The number of hydrogen-bond acceptors (Lipinski definition) is 5. The summed E-state index contributed by atoms with van der Waals surface area (Å²) in [7, 11) is 2.89. The number of benzene rings is 3. The number of ketones is 1. The first-order chi connectivity index (χ1) is 15.6. The lowest BCUT2D eigenvalue weighted by atomic mass is 9.94. The van der Waals surface area contributed by atoms with Crippen molar-refractivity contribution in [2.75, 3.05) is 14.2 Å². The van der Waals surface area contributed by atoms with Crippen LogP contribution in [0.3, 0.4) is 0 Å². The molecule has 1 N–H and O–H groups in total. The number of aromatic carboxylic acids is 1. The smallest absolute Gasteiger partial charge is 0.340 e. The van der Waals surface area contributed by atoms with E-state index in [1.165, 1.54) is 14.2 Å². The number of para-hydroxylation sites is 1. The maximum atomic E-state index is 13.8. The van der Waals surface area contributed by atoms with Gasteiger partial charge in [-0.15, -0.1) is 0 Å². The third kappa shape index (κ3) is 3.63. The van der Waals surface area contributed by atoms with Crippen LogP contribution in [0.25, 0.3) is 22.6 Å². The summed E-state index contributed by atoms with van der Waals surface area (Å²) in [5.41, 5.74) is 1.06. The van der Waals surface area contributed by atoms with Gasteiger partial charge in [-0.2, -0.15) is 0 Å². The van der Waals surface area contributed by atoms with E-state index in [2.05, 4.69) is 0 Å². The molecular formula is C26H20O6. The number of ether oxygens (including phenoxy) is 2. The molecule has 160 valence electrons. The second-order valence-electron chi connectivity index (χ2n) is 6.92.